The first kappa shape index (κ1) is 15.3. The molecule has 3 rings (SSSR count). The van der Waals surface area contributed by atoms with Crippen LogP contribution in [0.5, 0.6) is 0 Å². The number of rotatable bonds is 2. The highest BCUT2D eigenvalue weighted by atomic mass is 35.5. The Hall–Kier alpha value is -1.64. The molecule has 1 aromatic carbocycles. The average molecular weight is 363 g/mol. The van der Waals surface area contributed by atoms with E-state index in [0.717, 1.165) is 16.8 Å². The lowest BCUT2D eigenvalue weighted by atomic mass is 10.3. The monoisotopic (exact) mass is 362 g/mol. The third-order valence-electron chi connectivity index (χ3n) is 2.70. The second-order valence-electron chi connectivity index (χ2n) is 4.22. The fraction of sp³-hybridized carbons (Fsp3) is 0.0769. The number of hydrogen-bond donors (Lipinski definition) is 1. The zero-order chi connectivity index (χ0) is 15.9. The number of benzene rings is 1. The summed E-state index contributed by atoms with van der Waals surface area (Å²) in [4.78, 5) is 15.3. The van der Waals surface area contributed by atoms with E-state index < -0.39 is 17.0 Å². The molecule has 0 aliphatic rings. The number of para-hydroxylation sites is 1. The molecule has 3 aromatic rings. The summed E-state index contributed by atoms with van der Waals surface area (Å²) in [7, 11) is 0. The summed E-state index contributed by atoms with van der Waals surface area (Å²) in [5, 5.41) is 3.23. The Bertz CT molecular complexity index is 856. The number of amides is 1. The van der Waals surface area contributed by atoms with Crippen molar-refractivity contribution in [3.63, 3.8) is 0 Å². The van der Waals surface area contributed by atoms with E-state index in [1.165, 1.54) is 11.3 Å². The molecule has 2 heterocycles. The molecule has 0 bridgehead atoms. The Kier molecular flexibility index (Phi) is 3.84. The third-order valence-corrected chi connectivity index (χ3v) is 5.07. The van der Waals surface area contributed by atoms with Gasteiger partial charge in [-0.3, -0.25) is 10.1 Å². The molecular formula is C13H6ClF3N2OS2. The Morgan fingerprint density at radius 2 is 1.95 bits per heavy atom. The molecule has 1 N–H and O–H groups in total. The molecule has 0 radical (unpaired) electrons. The van der Waals surface area contributed by atoms with Crippen molar-refractivity contribution in [2.45, 2.75) is 6.18 Å². The van der Waals surface area contributed by atoms with Crippen LogP contribution in [0.3, 0.4) is 0 Å². The smallest absolute Gasteiger partial charge is 0.297 e. The first-order valence-electron chi connectivity index (χ1n) is 5.88. The lowest BCUT2D eigenvalue weighted by Gasteiger charge is -2.01. The van der Waals surface area contributed by atoms with E-state index in [-0.39, 0.29) is 10.0 Å². The van der Waals surface area contributed by atoms with Crippen LogP contribution in [0.1, 0.15) is 14.5 Å². The maximum atomic E-state index is 12.5. The lowest BCUT2D eigenvalue weighted by Crippen LogP contribution is -2.09. The van der Waals surface area contributed by atoms with E-state index in [4.69, 9.17) is 11.6 Å². The molecule has 0 atom stereocenters. The molecule has 0 saturated carbocycles. The molecule has 9 heteroatoms. The average Bonchev–Trinajstić information content (AvgIpc) is 3.04. The van der Waals surface area contributed by atoms with E-state index >= 15 is 0 Å². The van der Waals surface area contributed by atoms with E-state index in [9.17, 15) is 18.0 Å². The quantitative estimate of drug-likeness (QED) is 0.673. The Morgan fingerprint density at radius 3 is 2.59 bits per heavy atom. The molecule has 1 amide bonds. The summed E-state index contributed by atoms with van der Waals surface area (Å²) < 4.78 is 38.4. The summed E-state index contributed by atoms with van der Waals surface area (Å²) in [6.45, 7) is 0. The van der Waals surface area contributed by atoms with Crippen LogP contribution in [0.4, 0.5) is 18.3 Å². The lowest BCUT2D eigenvalue weighted by molar-refractivity contribution is -0.134. The summed E-state index contributed by atoms with van der Waals surface area (Å²) in [6.07, 6.45) is -4.45. The molecular weight excluding hydrogens is 357 g/mol. The van der Waals surface area contributed by atoms with Gasteiger partial charge in [-0.2, -0.15) is 13.2 Å². The van der Waals surface area contributed by atoms with Crippen LogP contribution in [-0.2, 0) is 6.18 Å². The van der Waals surface area contributed by atoms with Gasteiger partial charge in [-0.15, -0.1) is 11.3 Å². The van der Waals surface area contributed by atoms with Gasteiger partial charge in [-0.1, -0.05) is 29.0 Å². The number of carbonyl (C=O) groups excluding carboxylic acids is 1. The minimum atomic E-state index is -4.45. The van der Waals surface area contributed by atoms with Gasteiger partial charge in [0.1, 0.15) is 10.4 Å². The van der Waals surface area contributed by atoms with Gasteiger partial charge in [-0.25, -0.2) is 4.98 Å². The number of anilines is 1. The molecule has 0 saturated heterocycles. The van der Waals surface area contributed by atoms with E-state index in [1.807, 2.05) is 0 Å². The highest BCUT2D eigenvalue weighted by molar-refractivity contribution is 7.22. The maximum absolute atomic E-state index is 12.5. The van der Waals surface area contributed by atoms with Crippen molar-refractivity contribution in [2.24, 2.45) is 0 Å². The minimum absolute atomic E-state index is 0.0299. The Balaban J connectivity index is 1.84. The predicted octanol–water partition coefficient (Wildman–Crippen LogP) is 5.28. The topological polar surface area (TPSA) is 42.0 Å². The zero-order valence-electron chi connectivity index (χ0n) is 10.6. The van der Waals surface area contributed by atoms with E-state index in [1.54, 1.807) is 18.2 Å². The van der Waals surface area contributed by atoms with E-state index in [0.29, 0.717) is 21.9 Å². The number of alkyl halides is 3. The highest BCUT2D eigenvalue weighted by Crippen LogP contribution is 2.35. The van der Waals surface area contributed by atoms with Crippen molar-refractivity contribution in [1.82, 2.24) is 4.98 Å². The minimum Gasteiger partial charge on any atom is -0.297 e. The van der Waals surface area contributed by atoms with Crippen molar-refractivity contribution < 1.29 is 18.0 Å². The summed E-state index contributed by atoms with van der Waals surface area (Å²) in [5.74, 6) is -0.629. The van der Waals surface area contributed by atoms with Crippen LogP contribution in [0.2, 0.25) is 5.02 Å². The number of thiophene rings is 1. The van der Waals surface area contributed by atoms with Crippen LogP contribution >= 0.6 is 34.3 Å². The zero-order valence-corrected chi connectivity index (χ0v) is 13.0. The van der Waals surface area contributed by atoms with Crippen molar-refractivity contribution in [3.8, 4) is 0 Å². The van der Waals surface area contributed by atoms with Crippen LogP contribution in [0, 0.1) is 0 Å². The van der Waals surface area contributed by atoms with Gasteiger partial charge >= 0.3 is 6.18 Å². The molecule has 22 heavy (non-hydrogen) atoms. The van der Waals surface area contributed by atoms with Crippen LogP contribution in [-0.4, -0.2) is 10.9 Å². The Labute approximate surface area is 135 Å². The van der Waals surface area contributed by atoms with Gasteiger partial charge in [0.05, 0.1) is 14.6 Å². The van der Waals surface area contributed by atoms with Crippen molar-refractivity contribution in [1.29, 1.82) is 0 Å². The van der Waals surface area contributed by atoms with Gasteiger partial charge < -0.3 is 0 Å². The van der Waals surface area contributed by atoms with Gasteiger partial charge in [0, 0.05) is 0 Å². The van der Waals surface area contributed by atoms with Crippen LogP contribution in [0.25, 0.3) is 10.2 Å². The number of fused-ring (bicyclic) bond motifs is 1. The molecule has 0 spiro atoms. The van der Waals surface area contributed by atoms with Gasteiger partial charge in [-0.05, 0) is 24.3 Å². The number of nitrogens with zero attached hydrogens (tertiary/aromatic N) is 1. The first-order valence-corrected chi connectivity index (χ1v) is 7.89. The Morgan fingerprint density at radius 1 is 1.18 bits per heavy atom. The SMILES string of the molecule is O=C(Nc1nc2c(Cl)cccc2s1)c1ccc(C(F)(F)F)s1. The highest BCUT2D eigenvalue weighted by Gasteiger charge is 2.33. The number of thiazole rings is 1. The van der Waals surface area contributed by atoms with Gasteiger partial charge in [0.25, 0.3) is 5.91 Å². The van der Waals surface area contributed by atoms with Crippen LogP contribution < -0.4 is 5.32 Å². The van der Waals surface area contributed by atoms with E-state index in [2.05, 4.69) is 10.3 Å². The molecule has 3 nitrogen and oxygen atoms in total. The fourth-order valence-corrected chi connectivity index (χ4v) is 3.67. The summed E-state index contributed by atoms with van der Waals surface area (Å²) in [6, 6.07) is 7.24. The standard InChI is InChI=1S/C13H6ClF3N2OS2/c14-6-2-1-3-7-10(6)18-12(22-7)19-11(20)8-4-5-9(21-8)13(15,16)17/h1-5H,(H,18,19,20). The summed E-state index contributed by atoms with van der Waals surface area (Å²) >= 11 is 7.58. The normalized spacial score (nSPS) is 11.8. The van der Waals surface area contributed by atoms with Gasteiger partial charge in [0.2, 0.25) is 0 Å². The van der Waals surface area contributed by atoms with Crippen molar-refractivity contribution in [2.75, 3.05) is 5.32 Å². The maximum Gasteiger partial charge on any atom is 0.425 e. The second kappa shape index (κ2) is 5.53. The fourth-order valence-electron chi connectivity index (χ4n) is 1.74. The largest absolute Gasteiger partial charge is 0.425 e. The molecule has 114 valence electrons. The second-order valence-corrected chi connectivity index (χ2v) is 6.74. The number of hydrogen-bond acceptors (Lipinski definition) is 4. The van der Waals surface area contributed by atoms with Crippen molar-refractivity contribution in [3.05, 3.63) is 45.1 Å². The molecule has 0 aliphatic carbocycles. The van der Waals surface area contributed by atoms with Crippen molar-refractivity contribution >= 4 is 55.5 Å². The molecule has 0 fully saturated rings. The number of nitrogens with one attached hydrogen (secondary N) is 1. The molecule has 0 unspecified atom stereocenters. The first-order chi connectivity index (χ1) is 10.3. The van der Waals surface area contributed by atoms with Gasteiger partial charge in [0.15, 0.2) is 5.13 Å². The number of aromatic nitrogens is 1. The van der Waals surface area contributed by atoms with Crippen LogP contribution in [0.15, 0.2) is 30.3 Å². The molecule has 2 aromatic heterocycles. The molecule has 0 aliphatic heterocycles. The predicted molar refractivity (Wildman–Crippen MR) is 81.9 cm³/mol. The number of carbonyl (C=O) groups is 1. The number of halogens is 4. The third kappa shape index (κ3) is 2.94. The summed E-state index contributed by atoms with van der Waals surface area (Å²) in [5.41, 5.74) is 0.548.